The minimum absolute atomic E-state index is 0.0366. The standard InChI is InChI=1S/C23H25N5O2/c1-16-7-11-27(12-8-16)20-14-18(6-10-24-20)21-25-22(30-26-21)23(29)28-13-9-17-4-2-3-5-19(17)15-28/h2-6,10,14,16H,7-9,11-13,15H2,1H3. The zero-order valence-corrected chi connectivity index (χ0v) is 17.1. The Morgan fingerprint density at radius 1 is 1.10 bits per heavy atom. The van der Waals surface area contributed by atoms with Crippen LogP contribution in [0.3, 0.4) is 0 Å². The minimum Gasteiger partial charge on any atom is -0.357 e. The molecule has 1 fully saturated rings. The molecule has 1 aromatic carbocycles. The zero-order chi connectivity index (χ0) is 20.5. The molecule has 2 aromatic heterocycles. The van der Waals surface area contributed by atoms with Gasteiger partial charge in [-0.15, -0.1) is 0 Å². The highest BCUT2D eigenvalue weighted by molar-refractivity contribution is 5.90. The van der Waals surface area contributed by atoms with Crippen LogP contribution in [0.1, 0.15) is 41.6 Å². The predicted octanol–water partition coefficient (Wildman–Crippen LogP) is 3.57. The first-order valence-corrected chi connectivity index (χ1v) is 10.6. The first kappa shape index (κ1) is 18.8. The summed E-state index contributed by atoms with van der Waals surface area (Å²) in [5.74, 6) is 1.92. The number of benzene rings is 1. The van der Waals surface area contributed by atoms with Crippen LogP contribution >= 0.6 is 0 Å². The van der Waals surface area contributed by atoms with E-state index < -0.39 is 0 Å². The molecule has 1 amide bonds. The van der Waals surface area contributed by atoms with Crippen LogP contribution in [0.2, 0.25) is 0 Å². The van der Waals surface area contributed by atoms with Crippen molar-refractivity contribution in [3.05, 3.63) is 59.6 Å². The molecular weight excluding hydrogens is 378 g/mol. The van der Waals surface area contributed by atoms with Crippen molar-refractivity contribution in [2.75, 3.05) is 24.5 Å². The number of piperidine rings is 1. The average molecular weight is 403 g/mol. The molecule has 3 aromatic rings. The number of carbonyl (C=O) groups excluding carboxylic acids is 1. The predicted molar refractivity (Wildman–Crippen MR) is 113 cm³/mol. The second-order valence-corrected chi connectivity index (χ2v) is 8.24. The van der Waals surface area contributed by atoms with Crippen molar-refractivity contribution in [3.63, 3.8) is 0 Å². The van der Waals surface area contributed by atoms with Crippen LogP contribution in [0, 0.1) is 5.92 Å². The van der Waals surface area contributed by atoms with E-state index in [9.17, 15) is 4.79 Å². The zero-order valence-electron chi connectivity index (χ0n) is 17.1. The van der Waals surface area contributed by atoms with Gasteiger partial charge in [-0.2, -0.15) is 4.98 Å². The number of carbonyl (C=O) groups is 1. The van der Waals surface area contributed by atoms with Gasteiger partial charge in [-0.05, 0) is 48.4 Å². The number of pyridine rings is 1. The second-order valence-electron chi connectivity index (χ2n) is 8.24. The quantitative estimate of drug-likeness (QED) is 0.666. The third-order valence-electron chi connectivity index (χ3n) is 6.14. The van der Waals surface area contributed by atoms with Crippen LogP contribution in [0.25, 0.3) is 11.4 Å². The van der Waals surface area contributed by atoms with Gasteiger partial charge in [-0.1, -0.05) is 36.3 Å². The van der Waals surface area contributed by atoms with Gasteiger partial charge in [0, 0.05) is 37.9 Å². The molecule has 7 nitrogen and oxygen atoms in total. The summed E-state index contributed by atoms with van der Waals surface area (Å²) >= 11 is 0. The lowest BCUT2D eigenvalue weighted by Crippen LogP contribution is -2.36. The molecule has 1 saturated heterocycles. The lowest BCUT2D eigenvalue weighted by atomic mass is 9.99. The van der Waals surface area contributed by atoms with Gasteiger partial charge in [0.25, 0.3) is 0 Å². The fraction of sp³-hybridized carbons (Fsp3) is 0.391. The van der Waals surface area contributed by atoms with Gasteiger partial charge in [0.05, 0.1) is 0 Å². The highest BCUT2D eigenvalue weighted by Crippen LogP contribution is 2.25. The Bertz CT molecular complexity index is 1060. The van der Waals surface area contributed by atoms with E-state index in [2.05, 4.69) is 39.1 Å². The van der Waals surface area contributed by atoms with Crippen LogP contribution in [-0.2, 0) is 13.0 Å². The Morgan fingerprint density at radius 3 is 2.73 bits per heavy atom. The van der Waals surface area contributed by atoms with E-state index >= 15 is 0 Å². The van der Waals surface area contributed by atoms with Crippen molar-refractivity contribution in [2.24, 2.45) is 5.92 Å². The Balaban J connectivity index is 1.32. The molecular formula is C23H25N5O2. The maximum absolute atomic E-state index is 12.9. The maximum Gasteiger partial charge on any atom is 0.316 e. The molecule has 2 aliphatic rings. The summed E-state index contributed by atoms with van der Waals surface area (Å²) in [6.07, 6.45) is 4.95. The molecule has 0 N–H and O–H groups in total. The third kappa shape index (κ3) is 3.67. The number of rotatable bonds is 3. The summed E-state index contributed by atoms with van der Waals surface area (Å²) in [5.41, 5.74) is 3.28. The number of hydrogen-bond acceptors (Lipinski definition) is 6. The molecule has 0 radical (unpaired) electrons. The summed E-state index contributed by atoms with van der Waals surface area (Å²) in [4.78, 5) is 25.9. The van der Waals surface area contributed by atoms with Crippen LogP contribution in [-0.4, -0.2) is 45.6 Å². The van der Waals surface area contributed by atoms with E-state index in [-0.39, 0.29) is 11.8 Å². The van der Waals surface area contributed by atoms with E-state index in [1.807, 2.05) is 24.3 Å². The summed E-state index contributed by atoms with van der Waals surface area (Å²) in [7, 11) is 0. The highest BCUT2D eigenvalue weighted by Gasteiger charge is 2.26. The van der Waals surface area contributed by atoms with Crippen molar-refractivity contribution in [3.8, 4) is 11.4 Å². The van der Waals surface area contributed by atoms with E-state index in [4.69, 9.17) is 4.52 Å². The first-order chi connectivity index (χ1) is 14.7. The van der Waals surface area contributed by atoms with Crippen LogP contribution in [0.5, 0.6) is 0 Å². The Hall–Kier alpha value is -3.22. The number of fused-ring (bicyclic) bond motifs is 1. The monoisotopic (exact) mass is 403 g/mol. The van der Waals surface area contributed by atoms with Gasteiger partial charge < -0.3 is 14.3 Å². The molecule has 4 heterocycles. The molecule has 154 valence electrons. The van der Waals surface area contributed by atoms with Crippen molar-refractivity contribution < 1.29 is 9.32 Å². The Kier molecular flexibility index (Phi) is 4.94. The molecule has 2 aliphatic heterocycles. The van der Waals surface area contributed by atoms with Crippen molar-refractivity contribution in [2.45, 2.75) is 32.7 Å². The smallest absolute Gasteiger partial charge is 0.316 e. The molecule has 5 rings (SSSR count). The third-order valence-corrected chi connectivity index (χ3v) is 6.14. The fourth-order valence-electron chi connectivity index (χ4n) is 4.20. The van der Waals surface area contributed by atoms with E-state index in [0.29, 0.717) is 18.9 Å². The summed E-state index contributed by atoms with van der Waals surface area (Å²) in [5, 5.41) is 4.07. The van der Waals surface area contributed by atoms with Crippen LogP contribution < -0.4 is 4.90 Å². The molecule has 0 aliphatic carbocycles. The molecule has 30 heavy (non-hydrogen) atoms. The van der Waals surface area contributed by atoms with Gasteiger partial charge in [-0.25, -0.2) is 4.98 Å². The summed E-state index contributed by atoms with van der Waals surface area (Å²) < 4.78 is 5.34. The number of anilines is 1. The largest absolute Gasteiger partial charge is 0.357 e. The number of amides is 1. The number of hydrogen-bond donors (Lipinski definition) is 0. The van der Waals surface area contributed by atoms with E-state index in [1.165, 1.54) is 24.0 Å². The summed E-state index contributed by atoms with van der Waals surface area (Å²) in [6, 6.07) is 12.0. The van der Waals surface area contributed by atoms with E-state index in [1.54, 1.807) is 11.1 Å². The average Bonchev–Trinajstić information content (AvgIpc) is 3.29. The molecule has 0 saturated carbocycles. The lowest BCUT2D eigenvalue weighted by molar-refractivity contribution is 0.0684. The van der Waals surface area contributed by atoms with Crippen LogP contribution in [0.15, 0.2) is 47.1 Å². The van der Waals surface area contributed by atoms with Crippen molar-refractivity contribution >= 4 is 11.7 Å². The molecule has 0 bridgehead atoms. The van der Waals surface area contributed by atoms with Crippen LogP contribution in [0.4, 0.5) is 5.82 Å². The maximum atomic E-state index is 12.9. The van der Waals surface area contributed by atoms with E-state index in [0.717, 1.165) is 36.8 Å². The first-order valence-electron chi connectivity index (χ1n) is 10.6. The Morgan fingerprint density at radius 2 is 1.90 bits per heavy atom. The van der Waals surface area contributed by atoms with Crippen molar-refractivity contribution in [1.82, 2.24) is 20.0 Å². The second kappa shape index (κ2) is 7.89. The van der Waals surface area contributed by atoms with Gasteiger partial charge in [0.2, 0.25) is 5.82 Å². The van der Waals surface area contributed by atoms with Gasteiger partial charge in [-0.3, -0.25) is 4.79 Å². The lowest BCUT2D eigenvalue weighted by Gasteiger charge is -2.31. The minimum atomic E-state index is -0.220. The van der Waals surface area contributed by atoms with Gasteiger partial charge in [0.1, 0.15) is 5.82 Å². The number of nitrogens with zero attached hydrogens (tertiary/aromatic N) is 5. The molecule has 0 unspecified atom stereocenters. The molecule has 7 heteroatoms. The van der Waals surface area contributed by atoms with Crippen molar-refractivity contribution in [1.29, 1.82) is 0 Å². The Labute approximate surface area is 175 Å². The molecule has 0 spiro atoms. The normalized spacial score (nSPS) is 17.1. The molecule has 0 atom stereocenters. The topological polar surface area (TPSA) is 75.4 Å². The van der Waals surface area contributed by atoms with Gasteiger partial charge in [0.15, 0.2) is 0 Å². The number of aromatic nitrogens is 3. The SMILES string of the molecule is CC1CCN(c2cc(-c3noc(C(=O)N4CCc5ccccc5C4)n3)ccn2)CC1. The highest BCUT2D eigenvalue weighted by atomic mass is 16.5. The fourth-order valence-corrected chi connectivity index (χ4v) is 4.20. The summed E-state index contributed by atoms with van der Waals surface area (Å²) in [6.45, 7) is 5.52. The van der Waals surface area contributed by atoms with Gasteiger partial charge >= 0.3 is 11.8 Å².